The fourth-order valence-corrected chi connectivity index (χ4v) is 5.46. The van der Waals surface area contributed by atoms with Gasteiger partial charge in [0.25, 0.3) is 10.0 Å². The highest BCUT2D eigenvalue weighted by Gasteiger charge is 2.30. The van der Waals surface area contributed by atoms with Gasteiger partial charge in [0.15, 0.2) is 16.5 Å². The standard InChI is InChI=1S/C22H19F3N6O3S/c1-34-22-17(8-13(23)9-28-22)35(32,33)30-15-4-3-14(24)18(19(15)25)12-2-5-16-20(21-26-6-7-27-21)29-11-31(16)10-12/h3-4,6-9,11-12,30H,2,5,10H2,1H3,(H,26,27)/t12-/m1/s1. The van der Waals surface area contributed by atoms with Crippen molar-refractivity contribution in [1.82, 2.24) is 24.5 Å². The van der Waals surface area contributed by atoms with Gasteiger partial charge in [0, 0.05) is 42.2 Å². The van der Waals surface area contributed by atoms with Crippen LogP contribution in [0.5, 0.6) is 5.88 Å². The van der Waals surface area contributed by atoms with Crippen LogP contribution in [0.3, 0.4) is 0 Å². The van der Waals surface area contributed by atoms with E-state index in [1.54, 1.807) is 18.7 Å². The summed E-state index contributed by atoms with van der Waals surface area (Å²) < 4.78 is 78.5. The number of aromatic amines is 1. The average Bonchev–Trinajstić information content (AvgIpc) is 3.50. The predicted octanol–water partition coefficient (Wildman–Crippen LogP) is 3.62. The molecule has 3 aromatic heterocycles. The summed E-state index contributed by atoms with van der Waals surface area (Å²) >= 11 is 0. The molecular formula is C22H19F3N6O3S. The minimum atomic E-state index is -4.50. The number of methoxy groups -OCH3 is 1. The summed E-state index contributed by atoms with van der Waals surface area (Å²) in [5.74, 6) is -3.09. The molecule has 0 saturated heterocycles. The second-order valence-electron chi connectivity index (χ2n) is 7.95. The molecule has 0 radical (unpaired) electrons. The fourth-order valence-electron chi connectivity index (χ4n) is 4.27. The summed E-state index contributed by atoms with van der Waals surface area (Å²) in [6.07, 6.45) is 6.57. The minimum Gasteiger partial charge on any atom is -0.480 e. The SMILES string of the molecule is COc1ncc(F)cc1S(=O)(=O)Nc1ccc(F)c([C@@H]2CCc3c(-c4ncc[nH]4)ncn3C2)c1F. The number of anilines is 1. The molecule has 0 fully saturated rings. The first-order chi connectivity index (χ1) is 16.8. The lowest BCUT2D eigenvalue weighted by Gasteiger charge is -2.26. The number of pyridine rings is 1. The summed E-state index contributed by atoms with van der Waals surface area (Å²) in [7, 11) is -3.33. The van der Waals surface area contributed by atoms with E-state index in [9.17, 15) is 17.2 Å². The molecule has 182 valence electrons. The lowest BCUT2D eigenvalue weighted by molar-refractivity contribution is 0.382. The van der Waals surface area contributed by atoms with Crippen LogP contribution in [0, 0.1) is 17.5 Å². The Morgan fingerprint density at radius 3 is 2.77 bits per heavy atom. The molecule has 4 aromatic rings. The van der Waals surface area contributed by atoms with Gasteiger partial charge < -0.3 is 14.3 Å². The molecule has 2 N–H and O–H groups in total. The third-order valence-electron chi connectivity index (χ3n) is 5.86. The molecule has 0 amide bonds. The minimum absolute atomic E-state index is 0.242. The molecule has 1 aromatic carbocycles. The van der Waals surface area contributed by atoms with E-state index in [1.807, 2.05) is 4.57 Å². The van der Waals surface area contributed by atoms with Crippen LogP contribution in [0.4, 0.5) is 18.9 Å². The third-order valence-corrected chi connectivity index (χ3v) is 7.22. The van der Waals surface area contributed by atoms with Crippen LogP contribution in [0.15, 0.2) is 48.0 Å². The van der Waals surface area contributed by atoms with Gasteiger partial charge in [-0.15, -0.1) is 0 Å². The maximum atomic E-state index is 15.5. The van der Waals surface area contributed by atoms with Gasteiger partial charge in [-0.25, -0.2) is 36.5 Å². The molecule has 0 bridgehead atoms. The number of hydrogen-bond donors (Lipinski definition) is 2. The summed E-state index contributed by atoms with van der Waals surface area (Å²) in [4.78, 5) is 14.6. The van der Waals surface area contributed by atoms with Crippen LogP contribution in [0.1, 0.15) is 23.6 Å². The number of halogens is 3. The normalized spacial score (nSPS) is 15.6. The van der Waals surface area contributed by atoms with Gasteiger partial charge in [0.1, 0.15) is 17.3 Å². The molecule has 35 heavy (non-hydrogen) atoms. The van der Waals surface area contributed by atoms with Crippen molar-refractivity contribution in [3.05, 3.63) is 71.8 Å². The topological polar surface area (TPSA) is 115 Å². The second kappa shape index (κ2) is 8.73. The Morgan fingerprint density at radius 1 is 1.20 bits per heavy atom. The van der Waals surface area contributed by atoms with Crippen molar-refractivity contribution in [3.8, 4) is 17.4 Å². The molecule has 9 nitrogen and oxygen atoms in total. The number of H-pyrrole nitrogens is 1. The molecule has 1 aliphatic heterocycles. The van der Waals surface area contributed by atoms with Gasteiger partial charge in [-0.05, 0) is 25.0 Å². The Balaban J connectivity index is 1.46. The lowest BCUT2D eigenvalue weighted by Crippen LogP contribution is -2.22. The zero-order valence-corrected chi connectivity index (χ0v) is 19.1. The average molecular weight is 504 g/mol. The highest BCUT2D eigenvalue weighted by molar-refractivity contribution is 7.92. The molecule has 5 rings (SSSR count). The first kappa shape index (κ1) is 22.9. The number of imidazole rings is 2. The smallest absolute Gasteiger partial charge is 0.267 e. The van der Waals surface area contributed by atoms with Crippen LogP contribution in [-0.2, 0) is 23.0 Å². The van der Waals surface area contributed by atoms with Gasteiger partial charge in [-0.1, -0.05) is 0 Å². The highest BCUT2D eigenvalue weighted by Crippen LogP contribution is 2.37. The maximum Gasteiger partial charge on any atom is 0.267 e. The first-order valence-corrected chi connectivity index (χ1v) is 12.0. The molecular weight excluding hydrogens is 485 g/mol. The van der Waals surface area contributed by atoms with E-state index in [4.69, 9.17) is 4.74 Å². The van der Waals surface area contributed by atoms with Crippen molar-refractivity contribution in [3.63, 3.8) is 0 Å². The summed E-state index contributed by atoms with van der Waals surface area (Å²) in [6, 6.07) is 2.68. The van der Waals surface area contributed by atoms with E-state index < -0.39 is 44.0 Å². The molecule has 13 heteroatoms. The van der Waals surface area contributed by atoms with Crippen LogP contribution in [0.2, 0.25) is 0 Å². The molecule has 1 aliphatic rings. The number of rotatable bonds is 6. The van der Waals surface area contributed by atoms with E-state index in [0.717, 1.165) is 24.0 Å². The van der Waals surface area contributed by atoms with Gasteiger partial charge in [0.2, 0.25) is 5.88 Å². The zero-order valence-electron chi connectivity index (χ0n) is 18.3. The van der Waals surface area contributed by atoms with Crippen molar-refractivity contribution < 1.29 is 26.3 Å². The number of benzene rings is 1. The Bertz CT molecular complexity index is 1510. The van der Waals surface area contributed by atoms with Crippen molar-refractivity contribution in [2.75, 3.05) is 11.8 Å². The van der Waals surface area contributed by atoms with Crippen molar-refractivity contribution in [2.45, 2.75) is 30.2 Å². The molecule has 0 aliphatic carbocycles. The van der Waals surface area contributed by atoms with E-state index in [1.165, 1.54) is 7.11 Å². The van der Waals surface area contributed by atoms with Crippen molar-refractivity contribution in [1.29, 1.82) is 0 Å². The monoisotopic (exact) mass is 504 g/mol. The van der Waals surface area contributed by atoms with Gasteiger partial charge >= 0.3 is 0 Å². The van der Waals surface area contributed by atoms with Crippen LogP contribution in [0.25, 0.3) is 11.5 Å². The maximum absolute atomic E-state index is 15.5. The Labute approximate surface area is 198 Å². The number of aromatic nitrogens is 5. The molecule has 0 spiro atoms. The number of hydrogen-bond acceptors (Lipinski definition) is 6. The highest BCUT2D eigenvalue weighted by atomic mass is 32.2. The van der Waals surface area contributed by atoms with Crippen LogP contribution < -0.4 is 9.46 Å². The largest absolute Gasteiger partial charge is 0.480 e. The number of nitrogens with zero attached hydrogens (tertiary/aromatic N) is 4. The number of nitrogens with one attached hydrogen (secondary N) is 2. The quantitative estimate of drug-likeness (QED) is 0.415. The number of ether oxygens (including phenoxy) is 1. The van der Waals surface area contributed by atoms with Gasteiger partial charge in [-0.2, -0.15) is 0 Å². The molecule has 1 atom stereocenters. The Morgan fingerprint density at radius 2 is 2.03 bits per heavy atom. The van der Waals surface area contributed by atoms with Crippen LogP contribution >= 0.6 is 0 Å². The second-order valence-corrected chi connectivity index (χ2v) is 9.61. The summed E-state index contributed by atoms with van der Waals surface area (Å²) in [6.45, 7) is 0.245. The first-order valence-electron chi connectivity index (χ1n) is 10.5. The van der Waals surface area contributed by atoms with E-state index >= 15 is 4.39 Å². The number of sulfonamides is 1. The van der Waals surface area contributed by atoms with E-state index in [0.29, 0.717) is 30.4 Å². The van der Waals surface area contributed by atoms with Gasteiger partial charge in [0.05, 0.1) is 25.3 Å². The van der Waals surface area contributed by atoms with Gasteiger partial charge in [-0.3, -0.25) is 4.72 Å². The van der Waals surface area contributed by atoms with E-state index in [-0.39, 0.29) is 18.0 Å². The summed E-state index contributed by atoms with van der Waals surface area (Å²) in [5, 5.41) is 0. The number of fused-ring (bicyclic) bond motifs is 1. The lowest BCUT2D eigenvalue weighted by atomic mass is 9.89. The molecule has 0 saturated carbocycles. The molecule has 0 unspecified atom stereocenters. The van der Waals surface area contributed by atoms with Crippen molar-refractivity contribution >= 4 is 15.7 Å². The Hall–Kier alpha value is -3.87. The van der Waals surface area contributed by atoms with Crippen molar-refractivity contribution in [2.24, 2.45) is 0 Å². The van der Waals surface area contributed by atoms with E-state index in [2.05, 4.69) is 24.7 Å². The molecule has 4 heterocycles. The zero-order chi connectivity index (χ0) is 24.7. The summed E-state index contributed by atoms with van der Waals surface area (Å²) in [5.41, 5.74) is 0.849. The third kappa shape index (κ3) is 4.11. The fraction of sp³-hybridized carbons (Fsp3) is 0.227. The predicted molar refractivity (Wildman–Crippen MR) is 119 cm³/mol. The Kier molecular flexibility index (Phi) is 5.71. The van der Waals surface area contributed by atoms with Crippen LogP contribution in [-0.4, -0.2) is 40.0 Å².